The molecule has 1 aliphatic heterocycles. The lowest BCUT2D eigenvalue weighted by molar-refractivity contribution is 0.275. The number of benzene rings is 2. The Hall–Kier alpha value is -1.91. The summed E-state index contributed by atoms with van der Waals surface area (Å²) in [6.07, 6.45) is 2.18. The van der Waals surface area contributed by atoms with E-state index in [2.05, 4.69) is 28.8 Å². The number of aliphatic hydroxyl groups excluding tert-OH is 1. The van der Waals surface area contributed by atoms with Crippen LogP contribution in [-0.2, 0) is 13.2 Å². The van der Waals surface area contributed by atoms with Crippen LogP contribution < -0.4 is 10.6 Å². The normalized spacial score (nSPS) is 17.5. The number of hydrogen-bond acceptors (Lipinski definition) is 3. The van der Waals surface area contributed by atoms with Crippen molar-refractivity contribution in [3.63, 3.8) is 0 Å². The summed E-state index contributed by atoms with van der Waals surface area (Å²) in [5.74, 6) is -0.352. The number of para-hydroxylation sites is 1. The van der Waals surface area contributed by atoms with Gasteiger partial charge in [0.05, 0.1) is 6.61 Å². The van der Waals surface area contributed by atoms with Crippen LogP contribution in [0.3, 0.4) is 0 Å². The highest BCUT2D eigenvalue weighted by Crippen LogP contribution is 2.29. The second-order valence-corrected chi connectivity index (χ2v) is 5.67. The Bertz CT molecular complexity index is 645. The van der Waals surface area contributed by atoms with Crippen molar-refractivity contribution in [1.82, 2.24) is 5.32 Å². The highest BCUT2D eigenvalue weighted by molar-refractivity contribution is 5.53. The van der Waals surface area contributed by atoms with Crippen LogP contribution in [0.5, 0.6) is 0 Å². The van der Waals surface area contributed by atoms with Crippen molar-refractivity contribution in [3.8, 4) is 0 Å². The van der Waals surface area contributed by atoms with Gasteiger partial charge in [0.2, 0.25) is 0 Å². The Labute approximate surface area is 130 Å². The Morgan fingerprint density at radius 1 is 1.23 bits per heavy atom. The Balaban J connectivity index is 1.73. The van der Waals surface area contributed by atoms with Crippen molar-refractivity contribution in [1.29, 1.82) is 0 Å². The SMILES string of the molecule is OCc1cc(CN[C@@H]2CCCNc3ccccc32)ccc1F. The van der Waals surface area contributed by atoms with Crippen molar-refractivity contribution in [2.24, 2.45) is 0 Å². The fourth-order valence-corrected chi connectivity index (χ4v) is 2.96. The molecule has 0 spiro atoms. The van der Waals surface area contributed by atoms with Crippen molar-refractivity contribution in [2.45, 2.75) is 32.0 Å². The van der Waals surface area contributed by atoms with Crippen LogP contribution in [0.25, 0.3) is 0 Å². The molecule has 22 heavy (non-hydrogen) atoms. The number of aliphatic hydroxyl groups is 1. The molecule has 0 amide bonds. The summed E-state index contributed by atoms with van der Waals surface area (Å²) >= 11 is 0. The van der Waals surface area contributed by atoms with Gasteiger partial charge in [0.25, 0.3) is 0 Å². The summed E-state index contributed by atoms with van der Waals surface area (Å²) in [5.41, 5.74) is 3.81. The van der Waals surface area contributed by atoms with Crippen LogP contribution >= 0.6 is 0 Å². The molecule has 0 aliphatic carbocycles. The number of hydrogen-bond donors (Lipinski definition) is 3. The topological polar surface area (TPSA) is 44.3 Å². The van der Waals surface area contributed by atoms with Crippen LogP contribution in [0.1, 0.15) is 35.6 Å². The lowest BCUT2D eigenvalue weighted by Crippen LogP contribution is -2.20. The van der Waals surface area contributed by atoms with Crippen molar-refractivity contribution in [2.75, 3.05) is 11.9 Å². The van der Waals surface area contributed by atoms with Gasteiger partial charge in [0.15, 0.2) is 0 Å². The molecule has 3 N–H and O–H groups in total. The molecule has 1 atom stereocenters. The number of halogens is 1. The number of rotatable bonds is 4. The van der Waals surface area contributed by atoms with E-state index in [1.807, 2.05) is 6.07 Å². The van der Waals surface area contributed by atoms with Gasteiger partial charge < -0.3 is 15.7 Å². The molecule has 0 aromatic heterocycles. The minimum absolute atomic E-state index is 0.268. The molecule has 0 radical (unpaired) electrons. The zero-order valence-electron chi connectivity index (χ0n) is 12.5. The van der Waals surface area contributed by atoms with Gasteiger partial charge in [0.1, 0.15) is 5.82 Å². The molecule has 0 fully saturated rings. The van der Waals surface area contributed by atoms with Crippen LogP contribution in [0.4, 0.5) is 10.1 Å². The summed E-state index contributed by atoms with van der Waals surface area (Å²) in [6, 6.07) is 13.6. The first kappa shape index (κ1) is 15.0. The molecule has 4 heteroatoms. The molecule has 2 aromatic rings. The van der Waals surface area contributed by atoms with Crippen LogP contribution in [0.15, 0.2) is 42.5 Å². The molecule has 116 valence electrons. The lowest BCUT2D eigenvalue weighted by atomic mass is 10.0. The quantitative estimate of drug-likeness (QED) is 0.811. The van der Waals surface area contributed by atoms with E-state index in [-0.39, 0.29) is 18.5 Å². The third kappa shape index (κ3) is 3.29. The largest absolute Gasteiger partial charge is 0.392 e. The van der Waals surface area contributed by atoms with E-state index in [1.54, 1.807) is 12.1 Å². The second kappa shape index (κ2) is 6.90. The summed E-state index contributed by atoms with van der Waals surface area (Å²) in [7, 11) is 0. The van der Waals surface area contributed by atoms with Crippen LogP contribution in [-0.4, -0.2) is 11.7 Å². The van der Waals surface area contributed by atoms with Gasteiger partial charge in [-0.25, -0.2) is 4.39 Å². The van der Waals surface area contributed by atoms with Crippen LogP contribution in [0, 0.1) is 5.82 Å². The first-order valence-corrected chi connectivity index (χ1v) is 7.72. The summed E-state index contributed by atoms with van der Waals surface area (Å²) in [6.45, 7) is 1.38. The molecule has 2 aromatic carbocycles. The van der Waals surface area contributed by atoms with E-state index in [4.69, 9.17) is 5.11 Å². The zero-order chi connectivity index (χ0) is 15.4. The van der Waals surface area contributed by atoms with E-state index in [0.717, 1.165) is 24.9 Å². The smallest absolute Gasteiger partial charge is 0.128 e. The van der Waals surface area contributed by atoms with Gasteiger partial charge >= 0.3 is 0 Å². The van der Waals surface area contributed by atoms with Gasteiger partial charge in [-0.3, -0.25) is 0 Å². The predicted molar refractivity (Wildman–Crippen MR) is 86.1 cm³/mol. The maximum atomic E-state index is 13.4. The van der Waals surface area contributed by atoms with Crippen LogP contribution in [0.2, 0.25) is 0 Å². The molecule has 0 bridgehead atoms. The fourth-order valence-electron chi connectivity index (χ4n) is 2.96. The third-order valence-corrected chi connectivity index (χ3v) is 4.15. The second-order valence-electron chi connectivity index (χ2n) is 5.67. The van der Waals surface area contributed by atoms with Gasteiger partial charge in [-0.15, -0.1) is 0 Å². The molecule has 1 aliphatic rings. The minimum atomic E-state index is -0.352. The average molecular weight is 300 g/mol. The van der Waals surface area contributed by atoms with Gasteiger partial charge in [-0.1, -0.05) is 24.3 Å². The minimum Gasteiger partial charge on any atom is -0.392 e. The Kier molecular flexibility index (Phi) is 4.71. The highest BCUT2D eigenvalue weighted by Gasteiger charge is 2.17. The maximum Gasteiger partial charge on any atom is 0.128 e. The molecule has 3 rings (SSSR count). The summed E-state index contributed by atoms with van der Waals surface area (Å²) in [5, 5.41) is 16.2. The van der Waals surface area contributed by atoms with E-state index >= 15 is 0 Å². The number of anilines is 1. The summed E-state index contributed by atoms with van der Waals surface area (Å²) in [4.78, 5) is 0. The van der Waals surface area contributed by atoms with E-state index < -0.39 is 0 Å². The third-order valence-electron chi connectivity index (χ3n) is 4.15. The Morgan fingerprint density at radius 2 is 2.09 bits per heavy atom. The fraction of sp³-hybridized carbons (Fsp3) is 0.333. The van der Waals surface area contributed by atoms with Crippen molar-refractivity contribution >= 4 is 5.69 Å². The van der Waals surface area contributed by atoms with E-state index in [1.165, 1.54) is 17.3 Å². The van der Waals surface area contributed by atoms with Gasteiger partial charge in [-0.2, -0.15) is 0 Å². The number of fused-ring (bicyclic) bond motifs is 1. The standard InChI is InChI=1S/C18H21FN2O/c19-16-8-7-13(10-14(16)12-22)11-21-18-6-3-9-20-17-5-2-1-4-15(17)18/h1-2,4-5,7-8,10,18,20-22H,3,6,9,11-12H2/t18-/m1/s1. The van der Waals surface area contributed by atoms with E-state index in [0.29, 0.717) is 12.1 Å². The van der Waals surface area contributed by atoms with Gasteiger partial charge in [-0.05, 0) is 42.2 Å². The molecule has 0 unspecified atom stereocenters. The zero-order valence-corrected chi connectivity index (χ0v) is 12.5. The predicted octanol–water partition coefficient (Wildman–Crippen LogP) is 3.35. The van der Waals surface area contributed by atoms with Crippen molar-refractivity contribution in [3.05, 3.63) is 65.0 Å². The monoisotopic (exact) mass is 300 g/mol. The first-order valence-electron chi connectivity index (χ1n) is 7.72. The molecule has 0 saturated heterocycles. The van der Waals surface area contributed by atoms with Crippen molar-refractivity contribution < 1.29 is 9.50 Å². The Morgan fingerprint density at radius 3 is 2.95 bits per heavy atom. The highest BCUT2D eigenvalue weighted by atomic mass is 19.1. The molecule has 3 nitrogen and oxygen atoms in total. The van der Waals surface area contributed by atoms with Gasteiger partial charge in [0, 0.05) is 30.4 Å². The maximum absolute atomic E-state index is 13.4. The summed E-state index contributed by atoms with van der Waals surface area (Å²) < 4.78 is 13.4. The lowest BCUT2D eigenvalue weighted by Gasteiger charge is -2.19. The molecule has 0 saturated carbocycles. The number of nitrogens with one attached hydrogen (secondary N) is 2. The molecule has 1 heterocycles. The van der Waals surface area contributed by atoms with E-state index in [9.17, 15) is 4.39 Å². The molecular formula is C18H21FN2O. The molecular weight excluding hydrogens is 279 g/mol. The first-order chi connectivity index (χ1) is 10.8. The average Bonchev–Trinajstić information content (AvgIpc) is 2.76.